The summed E-state index contributed by atoms with van der Waals surface area (Å²) < 4.78 is 0. The van der Waals surface area contributed by atoms with Crippen LogP contribution in [0.5, 0.6) is 0 Å². The maximum atomic E-state index is 13.0. The summed E-state index contributed by atoms with van der Waals surface area (Å²) in [5, 5.41) is 3.54. The number of hydrogen-bond acceptors (Lipinski definition) is 2. The lowest BCUT2D eigenvalue weighted by molar-refractivity contribution is -0.139. The third-order valence-electron chi connectivity index (χ3n) is 4.58. The minimum atomic E-state index is -0.533. The van der Waals surface area contributed by atoms with Gasteiger partial charge in [0, 0.05) is 18.1 Å². The maximum absolute atomic E-state index is 13.0. The number of hydrogen-bond donors (Lipinski definition) is 1. The van der Waals surface area contributed by atoms with E-state index in [1.807, 2.05) is 56.3 Å². The molecule has 5 heteroatoms. The molecule has 2 rings (SSSR count). The average Bonchev–Trinajstić information content (AvgIpc) is 2.66. The first-order valence-corrected chi connectivity index (χ1v) is 10.1. The predicted molar refractivity (Wildman–Crippen MR) is 114 cm³/mol. The van der Waals surface area contributed by atoms with Crippen LogP contribution in [0.3, 0.4) is 0 Å². The zero-order chi connectivity index (χ0) is 20.5. The molecule has 0 fully saturated rings. The fourth-order valence-electron chi connectivity index (χ4n) is 2.95. The van der Waals surface area contributed by atoms with Gasteiger partial charge in [-0.1, -0.05) is 67.9 Å². The van der Waals surface area contributed by atoms with Gasteiger partial charge in [-0.3, -0.25) is 9.59 Å². The van der Waals surface area contributed by atoms with E-state index in [1.54, 1.807) is 24.0 Å². The van der Waals surface area contributed by atoms with Gasteiger partial charge in [0.05, 0.1) is 6.42 Å². The molecular formula is C23H29ClN2O2. The maximum Gasteiger partial charge on any atom is 0.242 e. The highest BCUT2D eigenvalue weighted by Gasteiger charge is 2.25. The molecular weight excluding hydrogens is 372 g/mol. The molecule has 1 unspecified atom stereocenters. The smallest absolute Gasteiger partial charge is 0.242 e. The van der Waals surface area contributed by atoms with E-state index in [4.69, 9.17) is 11.6 Å². The highest BCUT2D eigenvalue weighted by molar-refractivity contribution is 6.30. The normalized spacial score (nSPS) is 11.9. The molecule has 1 atom stereocenters. The van der Waals surface area contributed by atoms with E-state index < -0.39 is 6.04 Å². The van der Waals surface area contributed by atoms with Crippen LogP contribution in [-0.4, -0.2) is 35.8 Å². The number of carbonyl (C=O) groups is 2. The van der Waals surface area contributed by atoms with Gasteiger partial charge in [-0.05, 0) is 42.5 Å². The van der Waals surface area contributed by atoms with Crippen molar-refractivity contribution >= 4 is 23.4 Å². The minimum Gasteiger partial charge on any atom is -0.354 e. The van der Waals surface area contributed by atoms with Crippen LogP contribution in [0.25, 0.3) is 0 Å². The van der Waals surface area contributed by atoms with Gasteiger partial charge in [0.15, 0.2) is 0 Å². The quantitative estimate of drug-likeness (QED) is 0.688. The molecule has 0 bridgehead atoms. The first kappa shape index (κ1) is 22.0. The standard InChI is InChI=1S/C23H29ClN2O2/c1-17(2)16-25-23(28)18(3)26(13-12-19-8-5-4-6-9-19)22(27)15-20-10-7-11-21(24)14-20/h4-11,14,17-18H,12-13,15-16H2,1-3H3,(H,25,28). The zero-order valence-corrected chi connectivity index (χ0v) is 17.6. The van der Waals surface area contributed by atoms with Crippen LogP contribution in [0.2, 0.25) is 5.02 Å². The van der Waals surface area contributed by atoms with Crippen molar-refractivity contribution in [3.8, 4) is 0 Å². The van der Waals surface area contributed by atoms with Crippen molar-refractivity contribution in [3.63, 3.8) is 0 Å². The fraction of sp³-hybridized carbons (Fsp3) is 0.391. The van der Waals surface area contributed by atoms with E-state index >= 15 is 0 Å². The molecule has 0 spiro atoms. The molecule has 2 amide bonds. The summed E-state index contributed by atoms with van der Waals surface area (Å²) >= 11 is 6.04. The summed E-state index contributed by atoms with van der Waals surface area (Å²) in [5.74, 6) is 0.155. The van der Waals surface area contributed by atoms with Gasteiger partial charge in [0.25, 0.3) is 0 Å². The van der Waals surface area contributed by atoms with Crippen LogP contribution >= 0.6 is 11.6 Å². The molecule has 4 nitrogen and oxygen atoms in total. The van der Waals surface area contributed by atoms with Crippen molar-refractivity contribution < 1.29 is 9.59 Å². The third kappa shape index (κ3) is 7.01. The van der Waals surface area contributed by atoms with Crippen LogP contribution in [0, 0.1) is 5.92 Å². The van der Waals surface area contributed by atoms with Crippen molar-refractivity contribution in [3.05, 3.63) is 70.7 Å². The SMILES string of the molecule is CC(C)CNC(=O)C(C)N(CCc1ccccc1)C(=O)Cc1cccc(Cl)c1. The van der Waals surface area contributed by atoms with Crippen molar-refractivity contribution in [2.45, 2.75) is 39.7 Å². The van der Waals surface area contributed by atoms with Crippen molar-refractivity contribution in [2.75, 3.05) is 13.1 Å². The van der Waals surface area contributed by atoms with Crippen LogP contribution < -0.4 is 5.32 Å². The van der Waals surface area contributed by atoms with E-state index in [0.717, 1.165) is 11.1 Å². The fourth-order valence-corrected chi connectivity index (χ4v) is 3.16. The van der Waals surface area contributed by atoms with Crippen LogP contribution in [0.15, 0.2) is 54.6 Å². The molecule has 28 heavy (non-hydrogen) atoms. The number of nitrogens with zero attached hydrogens (tertiary/aromatic N) is 1. The monoisotopic (exact) mass is 400 g/mol. The van der Waals surface area contributed by atoms with Crippen LogP contribution in [0.1, 0.15) is 31.9 Å². The highest BCUT2D eigenvalue weighted by Crippen LogP contribution is 2.14. The molecule has 2 aromatic rings. The van der Waals surface area contributed by atoms with Gasteiger partial charge < -0.3 is 10.2 Å². The largest absolute Gasteiger partial charge is 0.354 e. The molecule has 0 radical (unpaired) electrons. The average molecular weight is 401 g/mol. The molecule has 1 N–H and O–H groups in total. The number of carbonyl (C=O) groups excluding carboxylic acids is 2. The molecule has 150 valence electrons. The molecule has 0 heterocycles. The van der Waals surface area contributed by atoms with Crippen molar-refractivity contribution in [1.82, 2.24) is 10.2 Å². The number of rotatable bonds is 9. The number of benzene rings is 2. The summed E-state index contributed by atoms with van der Waals surface area (Å²) in [5.41, 5.74) is 1.98. The Morgan fingerprint density at radius 3 is 2.32 bits per heavy atom. The second-order valence-electron chi connectivity index (χ2n) is 7.44. The van der Waals surface area contributed by atoms with E-state index in [-0.39, 0.29) is 18.2 Å². The summed E-state index contributed by atoms with van der Waals surface area (Å²) in [6.45, 7) is 6.96. The van der Waals surface area contributed by atoms with Gasteiger partial charge in [-0.2, -0.15) is 0 Å². The Morgan fingerprint density at radius 2 is 1.68 bits per heavy atom. The minimum absolute atomic E-state index is 0.0783. The van der Waals surface area contributed by atoms with Gasteiger partial charge >= 0.3 is 0 Å². The van der Waals surface area contributed by atoms with E-state index in [2.05, 4.69) is 5.32 Å². The van der Waals surface area contributed by atoms with Gasteiger partial charge in [0.2, 0.25) is 11.8 Å². The van der Waals surface area contributed by atoms with Crippen molar-refractivity contribution in [1.29, 1.82) is 0 Å². The zero-order valence-electron chi connectivity index (χ0n) is 16.8. The third-order valence-corrected chi connectivity index (χ3v) is 4.82. The summed E-state index contributed by atoms with van der Waals surface area (Å²) in [4.78, 5) is 27.3. The lowest BCUT2D eigenvalue weighted by Gasteiger charge is -2.29. The van der Waals surface area contributed by atoms with E-state index in [0.29, 0.717) is 30.5 Å². The molecule has 0 aliphatic rings. The predicted octanol–water partition coefficient (Wildman–Crippen LogP) is 4.11. The second-order valence-corrected chi connectivity index (χ2v) is 7.88. The molecule has 0 aliphatic heterocycles. The molecule has 0 saturated heterocycles. The van der Waals surface area contributed by atoms with E-state index in [9.17, 15) is 9.59 Å². The van der Waals surface area contributed by atoms with Crippen molar-refractivity contribution in [2.24, 2.45) is 5.92 Å². The lowest BCUT2D eigenvalue weighted by Crippen LogP contribution is -2.49. The first-order valence-electron chi connectivity index (χ1n) is 9.72. The van der Waals surface area contributed by atoms with Gasteiger partial charge in [0.1, 0.15) is 6.04 Å². The van der Waals surface area contributed by atoms with Crippen LogP contribution in [-0.2, 0) is 22.4 Å². The summed E-state index contributed by atoms with van der Waals surface area (Å²) in [7, 11) is 0. The molecule has 2 aromatic carbocycles. The van der Waals surface area contributed by atoms with Gasteiger partial charge in [-0.15, -0.1) is 0 Å². The van der Waals surface area contributed by atoms with Crippen LogP contribution in [0.4, 0.5) is 0 Å². The Labute approximate surface area is 172 Å². The Hall–Kier alpha value is -2.33. The number of halogens is 1. The van der Waals surface area contributed by atoms with E-state index in [1.165, 1.54) is 0 Å². The van der Waals surface area contributed by atoms with Gasteiger partial charge in [-0.25, -0.2) is 0 Å². The Balaban J connectivity index is 2.11. The summed E-state index contributed by atoms with van der Waals surface area (Å²) in [6.07, 6.45) is 0.918. The molecule has 0 aliphatic carbocycles. The highest BCUT2D eigenvalue weighted by atomic mass is 35.5. The Morgan fingerprint density at radius 1 is 1.00 bits per heavy atom. The first-order chi connectivity index (χ1) is 13.4. The Kier molecular flexibility index (Phi) is 8.52. The topological polar surface area (TPSA) is 49.4 Å². The number of nitrogens with one attached hydrogen (secondary N) is 1. The lowest BCUT2D eigenvalue weighted by atomic mass is 10.1. The summed E-state index contributed by atoms with van der Waals surface area (Å²) in [6, 6.07) is 16.7. The number of amides is 2. The second kappa shape index (κ2) is 10.9. The molecule has 0 saturated carbocycles. The Bertz CT molecular complexity index is 777. The molecule has 0 aromatic heterocycles.